The molecule has 1 aliphatic carbocycles. The van der Waals surface area contributed by atoms with Gasteiger partial charge in [-0.25, -0.2) is 9.38 Å². The van der Waals surface area contributed by atoms with Gasteiger partial charge in [0.2, 0.25) is 0 Å². The number of hydrogen-bond acceptors (Lipinski definition) is 3. The molecule has 0 aromatic heterocycles. The lowest BCUT2D eigenvalue weighted by molar-refractivity contribution is 0.386. The Morgan fingerprint density at radius 3 is 2.79 bits per heavy atom. The van der Waals surface area contributed by atoms with Crippen molar-refractivity contribution in [3.05, 3.63) is 29.6 Å². The molecular weight excluding hydrogens is 440 g/mol. The summed E-state index contributed by atoms with van der Waals surface area (Å²) >= 11 is 1.94. The number of halogens is 2. The van der Waals surface area contributed by atoms with Gasteiger partial charge in [0, 0.05) is 17.8 Å². The number of benzene rings is 1. The molecule has 1 saturated carbocycles. The molecule has 0 heterocycles. The Labute approximate surface area is 165 Å². The fourth-order valence-corrected chi connectivity index (χ4v) is 3.57. The van der Waals surface area contributed by atoms with Crippen molar-refractivity contribution in [1.82, 2.24) is 10.6 Å². The highest BCUT2D eigenvalue weighted by molar-refractivity contribution is 14.0. The van der Waals surface area contributed by atoms with Crippen LogP contribution in [-0.4, -0.2) is 37.2 Å². The molecular formula is C17H27FIN3OS. The summed E-state index contributed by atoms with van der Waals surface area (Å²) in [5.74, 6) is 0.712. The van der Waals surface area contributed by atoms with Gasteiger partial charge >= 0.3 is 0 Å². The average molecular weight is 467 g/mol. The lowest BCUT2D eigenvalue weighted by Gasteiger charge is -2.17. The molecule has 2 rings (SSSR count). The summed E-state index contributed by atoms with van der Waals surface area (Å²) < 4.78 is 18.7. The lowest BCUT2D eigenvalue weighted by Crippen LogP contribution is -2.42. The van der Waals surface area contributed by atoms with E-state index in [1.807, 2.05) is 24.8 Å². The van der Waals surface area contributed by atoms with E-state index in [1.54, 1.807) is 6.07 Å². The number of methoxy groups -OCH3 is 1. The highest BCUT2D eigenvalue weighted by Crippen LogP contribution is 2.28. The second-order valence-corrected chi connectivity index (χ2v) is 6.81. The maximum Gasteiger partial charge on any atom is 0.191 e. The van der Waals surface area contributed by atoms with Crippen LogP contribution in [0.15, 0.2) is 23.2 Å². The Hall–Kier alpha value is -0.700. The van der Waals surface area contributed by atoms with Crippen LogP contribution in [0.2, 0.25) is 0 Å². The average Bonchev–Trinajstić information content (AvgIpc) is 3.00. The first kappa shape index (κ1) is 21.3. The summed E-state index contributed by atoms with van der Waals surface area (Å²) in [6, 6.07) is 5.43. The van der Waals surface area contributed by atoms with E-state index in [9.17, 15) is 4.39 Å². The predicted octanol–water partition coefficient (Wildman–Crippen LogP) is 3.79. The highest BCUT2D eigenvalue weighted by atomic mass is 127. The van der Waals surface area contributed by atoms with Crippen LogP contribution in [0.4, 0.5) is 4.39 Å². The normalized spacial score (nSPS) is 20.4. The van der Waals surface area contributed by atoms with Gasteiger partial charge in [0.05, 0.1) is 13.7 Å². The standard InChI is InChI=1S/C17H26FN3OS.HI/c1-4-19-17(21-13-6-7-14(10-13)23-3)20-11-12-5-8-16(22-2)15(18)9-12;/h5,8-9,13-14H,4,6-7,10-11H2,1-3H3,(H2,19,20,21);1H. The molecule has 7 heteroatoms. The van der Waals surface area contributed by atoms with E-state index in [1.165, 1.54) is 32.4 Å². The number of ether oxygens (including phenoxy) is 1. The first-order chi connectivity index (χ1) is 11.2. The van der Waals surface area contributed by atoms with Crippen molar-refractivity contribution in [3.8, 4) is 5.75 Å². The van der Waals surface area contributed by atoms with Gasteiger partial charge in [-0.2, -0.15) is 11.8 Å². The van der Waals surface area contributed by atoms with Crippen molar-refractivity contribution < 1.29 is 9.13 Å². The third-order valence-electron chi connectivity index (χ3n) is 4.04. The zero-order valence-corrected chi connectivity index (χ0v) is 17.6. The molecule has 1 aromatic carbocycles. The first-order valence-corrected chi connectivity index (χ1v) is 9.35. The second-order valence-electron chi connectivity index (χ2n) is 5.68. The van der Waals surface area contributed by atoms with Crippen LogP contribution in [0.1, 0.15) is 31.7 Å². The Bertz CT molecular complexity index is 545. The maximum atomic E-state index is 13.7. The zero-order valence-electron chi connectivity index (χ0n) is 14.5. The van der Waals surface area contributed by atoms with E-state index < -0.39 is 0 Å². The molecule has 0 aliphatic heterocycles. The lowest BCUT2D eigenvalue weighted by atomic mass is 10.2. The maximum absolute atomic E-state index is 13.7. The van der Waals surface area contributed by atoms with Gasteiger partial charge in [-0.15, -0.1) is 24.0 Å². The number of rotatable bonds is 6. The number of aliphatic imine (C=N–C) groups is 1. The molecule has 0 saturated heterocycles. The van der Waals surface area contributed by atoms with Crippen molar-refractivity contribution in [1.29, 1.82) is 0 Å². The van der Waals surface area contributed by atoms with Gasteiger partial charge in [-0.1, -0.05) is 6.07 Å². The minimum Gasteiger partial charge on any atom is -0.494 e. The van der Waals surface area contributed by atoms with Crippen LogP contribution >= 0.6 is 35.7 Å². The fraction of sp³-hybridized carbons (Fsp3) is 0.588. The van der Waals surface area contributed by atoms with Crippen molar-refractivity contribution in [2.45, 2.75) is 44.0 Å². The van der Waals surface area contributed by atoms with E-state index in [2.05, 4.69) is 21.9 Å². The third-order valence-corrected chi connectivity index (χ3v) is 5.13. The molecule has 24 heavy (non-hydrogen) atoms. The summed E-state index contributed by atoms with van der Waals surface area (Å²) in [4.78, 5) is 4.57. The molecule has 0 bridgehead atoms. The van der Waals surface area contributed by atoms with Crippen molar-refractivity contribution in [2.24, 2.45) is 4.99 Å². The van der Waals surface area contributed by atoms with Gasteiger partial charge in [0.25, 0.3) is 0 Å². The molecule has 0 amide bonds. The van der Waals surface area contributed by atoms with Crippen molar-refractivity contribution >= 4 is 41.7 Å². The largest absolute Gasteiger partial charge is 0.494 e. The number of nitrogens with zero attached hydrogens (tertiary/aromatic N) is 1. The zero-order chi connectivity index (χ0) is 16.7. The third kappa shape index (κ3) is 6.31. The fourth-order valence-electron chi connectivity index (χ4n) is 2.78. The highest BCUT2D eigenvalue weighted by Gasteiger charge is 2.24. The van der Waals surface area contributed by atoms with E-state index in [-0.39, 0.29) is 35.5 Å². The summed E-state index contributed by atoms with van der Waals surface area (Å²) in [5, 5.41) is 7.50. The van der Waals surface area contributed by atoms with Crippen LogP contribution in [-0.2, 0) is 6.54 Å². The Kier molecular flexibility index (Phi) is 9.80. The molecule has 0 radical (unpaired) electrons. The molecule has 2 N–H and O–H groups in total. The summed E-state index contributed by atoms with van der Waals surface area (Å²) in [6.45, 7) is 3.29. The van der Waals surface area contributed by atoms with E-state index in [4.69, 9.17) is 4.74 Å². The minimum atomic E-state index is -0.350. The Morgan fingerprint density at radius 1 is 1.42 bits per heavy atom. The van der Waals surface area contributed by atoms with E-state index in [0.717, 1.165) is 23.3 Å². The topological polar surface area (TPSA) is 45.7 Å². The van der Waals surface area contributed by atoms with Crippen LogP contribution in [0.3, 0.4) is 0 Å². The van der Waals surface area contributed by atoms with Crippen LogP contribution in [0, 0.1) is 5.82 Å². The Morgan fingerprint density at radius 2 is 2.21 bits per heavy atom. The summed E-state index contributed by atoms with van der Waals surface area (Å²) in [7, 11) is 1.47. The van der Waals surface area contributed by atoms with Crippen LogP contribution < -0.4 is 15.4 Å². The Balaban J connectivity index is 0.00000288. The van der Waals surface area contributed by atoms with Gasteiger partial charge in [-0.05, 0) is 50.1 Å². The van der Waals surface area contributed by atoms with Gasteiger partial charge in [0.1, 0.15) is 0 Å². The molecule has 4 nitrogen and oxygen atoms in total. The molecule has 136 valence electrons. The van der Waals surface area contributed by atoms with E-state index >= 15 is 0 Å². The van der Waals surface area contributed by atoms with Gasteiger partial charge < -0.3 is 15.4 Å². The molecule has 0 spiro atoms. The summed E-state index contributed by atoms with van der Waals surface area (Å²) in [5.41, 5.74) is 0.828. The monoisotopic (exact) mass is 467 g/mol. The van der Waals surface area contributed by atoms with Crippen molar-refractivity contribution in [2.75, 3.05) is 19.9 Å². The van der Waals surface area contributed by atoms with Crippen LogP contribution in [0.25, 0.3) is 0 Å². The molecule has 2 atom stereocenters. The quantitative estimate of drug-likeness (QED) is 0.380. The van der Waals surface area contributed by atoms with Crippen molar-refractivity contribution in [3.63, 3.8) is 0 Å². The molecule has 1 aliphatic rings. The smallest absolute Gasteiger partial charge is 0.191 e. The SMILES string of the molecule is CCNC(=NCc1ccc(OC)c(F)c1)NC1CCC(SC)C1.I. The summed E-state index contributed by atoms with van der Waals surface area (Å²) in [6.07, 6.45) is 5.77. The molecule has 1 fully saturated rings. The second kappa shape index (κ2) is 11.0. The van der Waals surface area contributed by atoms with Gasteiger partial charge in [-0.3, -0.25) is 0 Å². The minimum absolute atomic E-state index is 0. The number of guanidine groups is 1. The van der Waals surface area contributed by atoms with Gasteiger partial charge in [0.15, 0.2) is 17.5 Å². The van der Waals surface area contributed by atoms with E-state index in [0.29, 0.717) is 12.6 Å². The molecule has 2 unspecified atom stereocenters. The predicted molar refractivity (Wildman–Crippen MR) is 111 cm³/mol. The number of nitrogens with one attached hydrogen (secondary N) is 2. The van der Waals surface area contributed by atoms with Crippen LogP contribution in [0.5, 0.6) is 5.75 Å². The molecule has 1 aromatic rings. The number of thioether (sulfide) groups is 1. The number of hydrogen-bond donors (Lipinski definition) is 2. The first-order valence-electron chi connectivity index (χ1n) is 8.06.